The first-order valence-electron chi connectivity index (χ1n) is 10.2. The van der Waals surface area contributed by atoms with Crippen LogP contribution in [0.3, 0.4) is 0 Å². The lowest BCUT2D eigenvalue weighted by atomic mass is 10.2. The number of rotatable bonds is 7. The van der Waals surface area contributed by atoms with Crippen LogP contribution in [0, 0.1) is 27.2 Å². The average molecular weight is 488 g/mol. The van der Waals surface area contributed by atoms with Gasteiger partial charge in [0.1, 0.15) is 0 Å². The Morgan fingerprint density at radius 3 is 2.21 bits per heavy atom. The highest BCUT2D eigenvalue weighted by Gasteiger charge is 2.31. The molecule has 34 heavy (non-hydrogen) atoms. The van der Waals surface area contributed by atoms with Gasteiger partial charge in [0.2, 0.25) is 21.7 Å². The molecule has 0 radical (unpaired) electrons. The number of hydrogen-bond acceptors (Lipinski definition) is 10. The molecule has 178 valence electrons. The summed E-state index contributed by atoms with van der Waals surface area (Å²) in [5, 5.41) is 25.8. The second kappa shape index (κ2) is 9.24. The van der Waals surface area contributed by atoms with Crippen LogP contribution in [0.25, 0.3) is 11.4 Å². The second-order valence-electron chi connectivity index (χ2n) is 7.70. The van der Waals surface area contributed by atoms with E-state index in [0.717, 1.165) is 6.07 Å². The van der Waals surface area contributed by atoms with Gasteiger partial charge in [-0.05, 0) is 24.6 Å². The summed E-state index contributed by atoms with van der Waals surface area (Å²) in [5.41, 5.74) is 0.699. The molecule has 0 amide bonds. The van der Waals surface area contributed by atoms with Crippen LogP contribution in [0.2, 0.25) is 0 Å². The SMILES string of the molecule is Cc1ccc([N+](=O)[O-])cc1S(=O)(=O)N1CCN(Cc2nc(-c3ccc([N+](=O)[O-])cc3)no2)CC1. The van der Waals surface area contributed by atoms with Gasteiger partial charge in [-0.3, -0.25) is 25.1 Å². The average Bonchev–Trinajstić information content (AvgIpc) is 3.28. The lowest BCUT2D eigenvalue weighted by Crippen LogP contribution is -2.48. The number of non-ortho nitro benzene ring substituents is 2. The van der Waals surface area contributed by atoms with Gasteiger partial charge in [0.25, 0.3) is 11.4 Å². The maximum absolute atomic E-state index is 13.1. The minimum Gasteiger partial charge on any atom is -0.338 e. The Kier molecular flexibility index (Phi) is 6.37. The van der Waals surface area contributed by atoms with Crippen molar-refractivity contribution in [3.8, 4) is 11.4 Å². The molecule has 2 heterocycles. The summed E-state index contributed by atoms with van der Waals surface area (Å²) in [6, 6.07) is 9.58. The fraction of sp³-hybridized carbons (Fsp3) is 0.300. The van der Waals surface area contributed by atoms with Crippen LogP contribution in [0.4, 0.5) is 11.4 Å². The summed E-state index contributed by atoms with van der Waals surface area (Å²) in [7, 11) is -3.88. The van der Waals surface area contributed by atoms with Crippen LogP contribution in [0.1, 0.15) is 11.5 Å². The van der Waals surface area contributed by atoms with Crippen molar-refractivity contribution in [3.63, 3.8) is 0 Å². The van der Waals surface area contributed by atoms with Gasteiger partial charge >= 0.3 is 0 Å². The molecule has 2 aromatic carbocycles. The highest BCUT2D eigenvalue weighted by molar-refractivity contribution is 7.89. The lowest BCUT2D eigenvalue weighted by Gasteiger charge is -2.33. The molecule has 1 saturated heterocycles. The number of benzene rings is 2. The van der Waals surface area contributed by atoms with E-state index in [4.69, 9.17) is 4.52 Å². The van der Waals surface area contributed by atoms with Gasteiger partial charge in [0.05, 0.1) is 21.3 Å². The smallest absolute Gasteiger partial charge is 0.270 e. The fourth-order valence-corrected chi connectivity index (χ4v) is 5.27. The van der Waals surface area contributed by atoms with E-state index in [-0.39, 0.29) is 29.4 Å². The van der Waals surface area contributed by atoms with Crippen molar-refractivity contribution in [3.05, 3.63) is 74.1 Å². The van der Waals surface area contributed by atoms with Crippen molar-refractivity contribution in [2.24, 2.45) is 0 Å². The molecule has 14 heteroatoms. The van der Waals surface area contributed by atoms with Gasteiger partial charge in [-0.2, -0.15) is 9.29 Å². The molecule has 1 fully saturated rings. The quantitative estimate of drug-likeness (QED) is 0.356. The van der Waals surface area contributed by atoms with Crippen molar-refractivity contribution in [2.45, 2.75) is 18.4 Å². The van der Waals surface area contributed by atoms with Crippen LogP contribution >= 0.6 is 0 Å². The van der Waals surface area contributed by atoms with Gasteiger partial charge in [0, 0.05) is 56.0 Å². The zero-order valence-corrected chi connectivity index (χ0v) is 18.8. The molecule has 0 spiro atoms. The normalized spacial score (nSPS) is 15.3. The largest absolute Gasteiger partial charge is 0.338 e. The molecule has 4 rings (SSSR count). The van der Waals surface area contributed by atoms with Crippen LogP contribution < -0.4 is 0 Å². The standard InChI is InChI=1S/C20H20N6O7S/c1-14-2-5-17(26(29)30)12-18(14)34(31,32)24-10-8-23(9-11-24)13-19-21-20(22-33-19)15-3-6-16(7-4-15)25(27)28/h2-7,12H,8-11,13H2,1H3. The van der Waals surface area contributed by atoms with E-state index in [1.807, 2.05) is 4.90 Å². The molecule has 1 aliphatic heterocycles. The Morgan fingerprint density at radius 2 is 1.59 bits per heavy atom. The monoisotopic (exact) mass is 488 g/mol. The predicted molar refractivity (Wildman–Crippen MR) is 118 cm³/mol. The molecule has 1 aliphatic rings. The van der Waals surface area contributed by atoms with Crippen molar-refractivity contribution >= 4 is 21.4 Å². The number of nitro benzene ring substituents is 2. The van der Waals surface area contributed by atoms with E-state index in [0.29, 0.717) is 42.5 Å². The Balaban J connectivity index is 1.40. The van der Waals surface area contributed by atoms with Gasteiger partial charge in [-0.1, -0.05) is 11.2 Å². The van der Waals surface area contributed by atoms with Gasteiger partial charge in [-0.15, -0.1) is 0 Å². The molecule has 0 bridgehead atoms. The number of piperazine rings is 1. The van der Waals surface area contributed by atoms with Gasteiger partial charge < -0.3 is 4.52 Å². The van der Waals surface area contributed by atoms with Crippen LogP contribution in [0.5, 0.6) is 0 Å². The van der Waals surface area contributed by atoms with Crippen molar-refractivity contribution in [1.82, 2.24) is 19.3 Å². The van der Waals surface area contributed by atoms with Crippen LogP contribution in [-0.4, -0.2) is 63.8 Å². The minimum absolute atomic E-state index is 0.0411. The third-order valence-corrected chi connectivity index (χ3v) is 7.54. The first kappa shape index (κ1) is 23.4. The molecule has 1 aromatic heterocycles. The van der Waals surface area contributed by atoms with E-state index in [1.54, 1.807) is 6.92 Å². The fourth-order valence-electron chi connectivity index (χ4n) is 3.61. The summed E-state index contributed by atoms with van der Waals surface area (Å²) in [4.78, 5) is 26.9. The van der Waals surface area contributed by atoms with Crippen molar-refractivity contribution in [2.75, 3.05) is 26.2 Å². The zero-order chi connectivity index (χ0) is 24.5. The minimum atomic E-state index is -3.88. The molecule has 0 saturated carbocycles. The predicted octanol–water partition coefficient (Wildman–Crippen LogP) is 2.37. The van der Waals surface area contributed by atoms with E-state index in [1.165, 1.54) is 40.7 Å². The molecule has 0 N–H and O–H groups in total. The number of nitrogens with zero attached hydrogens (tertiary/aromatic N) is 6. The number of sulfonamides is 1. The zero-order valence-electron chi connectivity index (χ0n) is 18.0. The molecule has 0 atom stereocenters. The summed E-state index contributed by atoms with van der Waals surface area (Å²) >= 11 is 0. The first-order valence-corrected chi connectivity index (χ1v) is 11.6. The maximum atomic E-state index is 13.1. The van der Waals surface area contributed by atoms with Gasteiger partial charge in [-0.25, -0.2) is 8.42 Å². The maximum Gasteiger partial charge on any atom is 0.270 e. The van der Waals surface area contributed by atoms with E-state index >= 15 is 0 Å². The summed E-state index contributed by atoms with van der Waals surface area (Å²) < 4.78 is 32.7. The number of aromatic nitrogens is 2. The highest BCUT2D eigenvalue weighted by atomic mass is 32.2. The Hall–Kier alpha value is -3.75. The molecule has 3 aromatic rings. The molecule has 13 nitrogen and oxygen atoms in total. The lowest BCUT2D eigenvalue weighted by molar-refractivity contribution is -0.385. The summed E-state index contributed by atoms with van der Waals surface area (Å²) in [6.07, 6.45) is 0. The van der Waals surface area contributed by atoms with E-state index in [2.05, 4.69) is 10.1 Å². The van der Waals surface area contributed by atoms with Gasteiger partial charge in [0.15, 0.2) is 0 Å². The summed E-state index contributed by atoms with van der Waals surface area (Å²) in [6.45, 7) is 3.13. The second-order valence-corrected chi connectivity index (χ2v) is 9.61. The topological polar surface area (TPSA) is 166 Å². The Labute approximate surface area is 194 Å². The molecular weight excluding hydrogens is 468 g/mol. The van der Waals surface area contributed by atoms with Crippen molar-refractivity contribution in [1.29, 1.82) is 0 Å². The Bertz CT molecular complexity index is 1330. The molecule has 0 aliphatic carbocycles. The third kappa shape index (κ3) is 4.78. The summed E-state index contributed by atoms with van der Waals surface area (Å²) in [5.74, 6) is 0.631. The third-order valence-electron chi connectivity index (χ3n) is 5.49. The number of nitro groups is 2. The Morgan fingerprint density at radius 1 is 0.971 bits per heavy atom. The number of hydrogen-bond donors (Lipinski definition) is 0. The van der Waals surface area contributed by atoms with Crippen LogP contribution in [0.15, 0.2) is 51.9 Å². The van der Waals surface area contributed by atoms with Crippen LogP contribution in [-0.2, 0) is 16.6 Å². The van der Waals surface area contributed by atoms with E-state index in [9.17, 15) is 28.6 Å². The first-order chi connectivity index (χ1) is 16.1. The highest BCUT2D eigenvalue weighted by Crippen LogP contribution is 2.26. The van der Waals surface area contributed by atoms with E-state index < -0.39 is 19.9 Å². The molecule has 0 unspecified atom stereocenters. The molecular formula is C20H20N6O7S. The van der Waals surface area contributed by atoms with Crippen molar-refractivity contribution < 1.29 is 22.8 Å². The number of aryl methyl sites for hydroxylation is 1.